The maximum absolute atomic E-state index is 13.7. The molecular weight excluding hydrogens is 358 g/mol. The lowest BCUT2D eigenvalue weighted by Gasteiger charge is -2.08. The van der Waals surface area contributed by atoms with E-state index < -0.39 is 11.6 Å². The number of nitrogens with zero attached hydrogens (tertiary/aromatic N) is 3. The number of aromatic nitrogens is 3. The predicted molar refractivity (Wildman–Crippen MR) is 106 cm³/mol. The Morgan fingerprint density at radius 1 is 0.893 bits per heavy atom. The topological polar surface area (TPSA) is 42.7 Å². The van der Waals surface area contributed by atoms with Crippen molar-refractivity contribution in [3.8, 4) is 22.5 Å². The van der Waals surface area contributed by atoms with Gasteiger partial charge in [-0.2, -0.15) is 0 Å². The number of benzene rings is 2. The molecule has 0 saturated carbocycles. The van der Waals surface area contributed by atoms with Crippen molar-refractivity contribution < 1.29 is 8.78 Å². The summed E-state index contributed by atoms with van der Waals surface area (Å²) in [4.78, 5) is 8.76. The Balaban J connectivity index is 1.52. The Morgan fingerprint density at radius 2 is 1.64 bits per heavy atom. The van der Waals surface area contributed by atoms with Gasteiger partial charge in [-0.05, 0) is 23.8 Å². The standard InChI is InChI=1S/C22H18F2N4/c1-28-14-16(15-6-3-2-4-7-15)10-21(28)20-12-27-22(13-25-20)26-11-17-18(23)8-5-9-19(17)24/h2-10,12-14H,11H2,1H3,(H,26,27). The van der Waals surface area contributed by atoms with Crippen LogP contribution in [0.1, 0.15) is 5.56 Å². The molecule has 0 bridgehead atoms. The summed E-state index contributed by atoms with van der Waals surface area (Å²) in [6, 6.07) is 16.0. The summed E-state index contributed by atoms with van der Waals surface area (Å²) in [6.45, 7) is -0.00512. The smallest absolute Gasteiger partial charge is 0.144 e. The van der Waals surface area contributed by atoms with E-state index in [4.69, 9.17) is 0 Å². The molecule has 2 aromatic carbocycles. The van der Waals surface area contributed by atoms with E-state index >= 15 is 0 Å². The average molecular weight is 376 g/mol. The molecule has 2 heterocycles. The molecule has 0 saturated heterocycles. The Hall–Kier alpha value is -3.54. The first-order valence-corrected chi connectivity index (χ1v) is 8.83. The number of hydrogen-bond acceptors (Lipinski definition) is 3. The lowest BCUT2D eigenvalue weighted by atomic mass is 10.1. The van der Waals surface area contributed by atoms with Gasteiger partial charge < -0.3 is 9.88 Å². The molecule has 6 heteroatoms. The third kappa shape index (κ3) is 3.62. The van der Waals surface area contributed by atoms with E-state index in [0.29, 0.717) is 11.5 Å². The number of nitrogens with one attached hydrogen (secondary N) is 1. The second kappa shape index (κ2) is 7.60. The van der Waals surface area contributed by atoms with Gasteiger partial charge in [-0.1, -0.05) is 36.4 Å². The number of rotatable bonds is 5. The highest BCUT2D eigenvalue weighted by atomic mass is 19.1. The minimum atomic E-state index is -0.589. The summed E-state index contributed by atoms with van der Waals surface area (Å²) in [6.07, 6.45) is 5.24. The van der Waals surface area contributed by atoms with Crippen LogP contribution in [0, 0.1) is 11.6 Å². The molecule has 140 valence electrons. The Bertz CT molecular complexity index is 1070. The molecule has 4 aromatic rings. The van der Waals surface area contributed by atoms with Crippen LogP contribution in [-0.2, 0) is 13.6 Å². The van der Waals surface area contributed by atoms with Crippen LogP contribution in [0.5, 0.6) is 0 Å². The van der Waals surface area contributed by atoms with Crippen molar-refractivity contribution in [1.29, 1.82) is 0 Å². The maximum atomic E-state index is 13.7. The third-order valence-electron chi connectivity index (χ3n) is 4.53. The van der Waals surface area contributed by atoms with Gasteiger partial charge in [0.05, 0.1) is 18.1 Å². The van der Waals surface area contributed by atoms with Gasteiger partial charge in [-0.25, -0.2) is 18.7 Å². The lowest BCUT2D eigenvalue weighted by molar-refractivity contribution is 0.560. The summed E-state index contributed by atoms with van der Waals surface area (Å²) in [5.74, 6) is -0.729. The van der Waals surface area contributed by atoms with Gasteiger partial charge in [0.25, 0.3) is 0 Å². The predicted octanol–water partition coefficient (Wildman–Crippen LogP) is 5.04. The molecule has 4 rings (SSSR count). The Morgan fingerprint density at radius 3 is 2.32 bits per heavy atom. The fraction of sp³-hybridized carbons (Fsp3) is 0.0909. The molecule has 2 aromatic heterocycles. The third-order valence-corrected chi connectivity index (χ3v) is 4.53. The molecule has 4 nitrogen and oxygen atoms in total. The van der Waals surface area contributed by atoms with Crippen LogP contribution >= 0.6 is 0 Å². The highest BCUT2D eigenvalue weighted by Crippen LogP contribution is 2.26. The average Bonchev–Trinajstić information content (AvgIpc) is 3.10. The lowest BCUT2D eigenvalue weighted by Crippen LogP contribution is -2.06. The van der Waals surface area contributed by atoms with E-state index in [0.717, 1.165) is 16.8 Å². The first-order chi connectivity index (χ1) is 13.6. The van der Waals surface area contributed by atoms with Crippen molar-refractivity contribution in [2.45, 2.75) is 6.54 Å². The number of anilines is 1. The monoisotopic (exact) mass is 376 g/mol. The fourth-order valence-electron chi connectivity index (χ4n) is 3.04. The second-order valence-electron chi connectivity index (χ2n) is 6.43. The zero-order valence-electron chi connectivity index (χ0n) is 15.2. The summed E-state index contributed by atoms with van der Waals surface area (Å²) in [5, 5.41) is 2.91. The largest absolute Gasteiger partial charge is 0.364 e. The molecule has 0 aliphatic carbocycles. The van der Waals surface area contributed by atoms with Crippen LogP contribution < -0.4 is 5.32 Å². The van der Waals surface area contributed by atoms with Gasteiger partial charge in [0.1, 0.15) is 23.1 Å². The van der Waals surface area contributed by atoms with Gasteiger partial charge in [-0.3, -0.25) is 0 Å². The molecule has 0 atom stereocenters. The maximum Gasteiger partial charge on any atom is 0.144 e. The van der Waals surface area contributed by atoms with Gasteiger partial charge in [-0.15, -0.1) is 0 Å². The number of hydrogen-bond donors (Lipinski definition) is 1. The van der Waals surface area contributed by atoms with Crippen LogP contribution in [0.4, 0.5) is 14.6 Å². The van der Waals surface area contributed by atoms with E-state index in [2.05, 4.69) is 33.5 Å². The van der Waals surface area contributed by atoms with Crippen molar-refractivity contribution in [1.82, 2.24) is 14.5 Å². The van der Waals surface area contributed by atoms with Gasteiger partial charge in [0, 0.05) is 30.9 Å². The molecule has 0 radical (unpaired) electrons. The van der Waals surface area contributed by atoms with E-state index in [9.17, 15) is 8.78 Å². The number of aryl methyl sites for hydroxylation is 1. The molecule has 0 fully saturated rings. The normalized spacial score (nSPS) is 10.8. The van der Waals surface area contributed by atoms with Crippen LogP contribution in [-0.4, -0.2) is 14.5 Å². The first kappa shape index (κ1) is 17.9. The van der Waals surface area contributed by atoms with Crippen molar-refractivity contribution >= 4 is 5.82 Å². The Labute approximate surface area is 161 Å². The number of halogens is 2. The minimum absolute atomic E-state index is 0.00512. The van der Waals surface area contributed by atoms with Gasteiger partial charge in [0.2, 0.25) is 0 Å². The van der Waals surface area contributed by atoms with Crippen molar-refractivity contribution in [3.05, 3.63) is 90.4 Å². The van der Waals surface area contributed by atoms with Crippen LogP contribution in [0.15, 0.2) is 73.2 Å². The summed E-state index contributed by atoms with van der Waals surface area (Å²) >= 11 is 0. The fourth-order valence-corrected chi connectivity index (χ4v) is 3.04. The molecule has 0 aliphatic heterocycles. The zero-order valence-corrected chi connectivity index (χ0v) is 15.2. The summed E-state index contributed by atoms with van der Waals surface area (Å²) in [5.41, 5.74) is 3.84. The minimum Gasteiger partial charge on any atom is -0.364 e. The zero-order chi connectivity index (χ0) is 19.5. The van der Waals surface area contributed by atoms with Crippen molar-refractivity contribution in [2.24, 2.45) is 7.05 Å². The van der Waals surface area contributed by atoms with Crippen molar-refractivity contribution in [3.63, 3.8) is 0 Å². The SMILES string of the molecule is Cn1cc(-c2ccccc2)cc1-c1cnc(NCc2c(F)cccc2F)cn1. The molecule has 0 unspecified atom stereocenters. The van der Waals surface area contributed by atoms with E-state index in [1.807, 2.05) is 36.0 Å². The molecule has 0 aliphatic rings. The van der Waals surface area contributed by atoms with Crippen LogP contribution in [0.2, 0.25) is 0 Å². The van der Waals surface area contributed by atoms with Gasteiger partial charge >= 0.3 is 0 Å². The highest BCUT2D eigenvalue weighted by molar-refractivity contribution is 5.70. The second-order valence-corrected chi connectivity index (χ2v) is 6.43. The summed E-state index contributed by atoms with van der Waals surface area (Å²) in [7, 11) is 1.95. The molecule has 0 spiro atoms. The molecule has 28 heavy (non-hydrogen) atoms. The van der Waals surface area contributed by atoms with E-state index in [1.54, 1.807) is 12.4 Å². The van der Waals surface area contributed by atoms with Crippen LogP contribution in [0.25, 0.3) is 22.5 Å². The Kier molecular flexibility index (Phi) is 4.85. The van der Waals surface area contributed by atoms with E-state index in [1.165, 1.54) is 18.2 Å². The van der Waals surface area contributed by atoms with E-state index in [-0.39, 0.29) is 12.1 Å². The molecule has 1 N–H and O–H groups in total. The first-order valence-electron chi connectivity index (χ1n) is 8.83. The quantitative estimate of drug-likeness (QED) is 0.531. The summed E-state index contributed by atoms with van der Waals surface area (Å²) < 4.78 is 29.4. The molecule has 0 amide bonds. The highest BCUT2D eigenvalue weighted by Gasteiger charge is 2.11. The van der Waals surface area contributed by atoms with Crippen molar-refractivity contribution in [2.75, 3.05) is 5.32 Å². The molecular formula is C22H18F2N4. The van der Waals surface area contributed by atoms with Crippen LogP contribution in [0.3, 0.4) is 0 Å². The van der Waals surface area contributed by atoms with Gasteiger partial charge in [0.15, 0.2) is 0 Å².